The highest BCUT2D eigenvalue weighted by atomic mass is 16.3. The molecule has 0 heterocycles. The van der Waals surface area contributed by atoms with Crippen LogP contribution < -0.4 is 0 Å². The summed E-state index contributed by atoms with van der Waals surface area (Å²) in [6.07, 6.45) is 7.16. The summed E-state index contributed by atoms with van der Waals surface area (Å²) >= 11 is 0. The molecule has 2 aliphatic carbocycles. The van der Waals surface area contributed by atoms with Crippen LogP contribution >= 0.6 is 0 Å². The van der Waals surface area contributed by atoms with Crippen LogP contribution in [-0.4, -0.2) is 5.11 Å². The average molecular weight is 262 g/mol. The van der Waals surface area contributed by atoms with Gasteiger partial charge in [0.15, 0.2) is 0 Å². The van der Waals surface area contributed by atoms with Crippen molar-refractivity contribution in [1.29, 1.82) is 0 Å². The summed E-state index contributed by atoms with van der Waals surface area (Å²) in [5.74, 6) is 0.313. The Hall–Kier alpha value is -1.86. The van der Waals surface area contributed by atoms with Gasteiger partial charge in [-0.25, -0.2) is 0 Å². The van der Waals surface area contributed by atoms with Crippen LogP contribution in [0.5, 0.6) is 0 Å². The summed E-state index contributed by atoms with van der Waals surface area (Å²) in [4.78, 5) is 0. The van der Waals surface area contributed by atoms with Gasteiger partial charge in [-0.3, -0.25) is 0 Å². The lowest BCUT2D eigenvalue weighted by Gasteiger charge is -2.17. The largest absolute Gasteiger partial charge is 0.388 e. The molecule has 0 radical (unpaired) electrons. The molecule has 100 valence electrons. The molecule has 2 aromatic rings. The van der Waals surface area contributed by atoms with Crippen LogP contribution in [0, 0.1) is 5.92 Å². The monoisotopic (exact) mass is 262 g/mol. The topological polar surface area (TPSA) is 20.2 Å². The Kier molecular flexibility index (Phi) is 2.75. The van der Waals surface area contributed by atoms with Crippen molar-refractivity contribution in [1.82, 2.24) is 0 Å². The zero-order chi connectivity index (χ0) is 13.5. The third-order valence-corrected chi connectivity index (χ3v) is 4.69. The van der Waals surface area contributed by atoms with Gasteiger partial charge in [0.05, 0.1) is 6.10 Å². The van der Waals surface area contributed by atoms with E-state index in [1.165, 1.54) is 22.3 Å². The zero-order valence-corrected chi connectivity index (χ0v) is 11.4. The number of hydrogen-bond acceptors (Lipinski definition) is 1. The molecular formula is C19H18O. The summed E-state index contributed by atoms with van der Waals surface area (Å²) in [7, 11) is 0. The first-order chi connectivity index (χ1) is 9.83. The summed E-state index contributed by atoms with van der Waals surface area (Å²) in [5, 5.41) is 10.5. The van der Waals surface area contributed by atoms with Crippen molar-refractivity contribution in [2.45, 2.75) is 25.4 Å². The molecule has 2 unspecified atom stereocenters. The van der Waals surface area contributed by atoms with E-state index in [1.54, 1.807) is 0 Å². The lowest BCUT2D eigenvalue weighted by atomic mass is 9.91. The minimum Gasteiger partial charge on any atom is -0.388 e. The average Bonchev–Trinajstić information content (AvgIpc) is 3.06. The predicted octanol–water partition coefficient (Wildman–Crippen LogP) is 3.70. The molecule has 2 aliphatic rings. The second-order valence-corrected chi connectivity index (χ2v) is 5.91. The van der Waals surface area contributed by atoms with Gasteiger partial charge in [-0.15, -0.1) is 0 Å². The maximum absolute atomic E-state index is 10.5. The standard InChI is InChI=1S/C19H18O/c20-19-16(12-15-5-1-2-9-18(15)19)11-14-8-3-6-13-7-4-10-17(13)14/h1-6,8-10,16,19-20H,7,11-12H2. The summed E-state index contributed by atoms with van der Waals surface area (Å²) in [6, 6.07) is 14.9. The molecule has 0 bridgehead atoms. The number of aliphatic hydroxyl groups is 1. The molecule has 0 fully saturated rings. The molecule has 1 nitrogen and oxygen atoms in total. The summed E-state index contributed by atoms with van der Waals surface area (Å²) in [6.45, 7) is 0. The first-order valence-corrected chi connectivity index (χ1v) is 7.36. The first-order valence-electron chi connectivity index (χ1n) is 7.36. The van der Waals surface area contributed by atoms with Gasteiger partial charge in [0.25, 0.3) is 0 Å². The Labute approximate surface area is 119 Å². The Bertz CT molecular complexity index is 684. The predicted molar refractivity (Wildman–Crippen MR) is 81.5 cm³/mol. The van der Waals surface area contributed by atoms with Crippen molar-refractivity contribution >= 4 is 6.08 Å². The molecule has 0 aromatic heterocycles. The van der Waals surface area contributed by atoms with Crippen molar-refractivity contribution in [3.8, 4) is 0 Å². The molecule has 0 amide bonds. The minimum absolute atomic E-state index is 0.313. The van der Waals surface area contributed by atoms with E-state index in [0.717, 1.165) is 24.8 Å². The molecule has 2 aromatic carbocycles. The minimum atomic E-state index is -0.313. The smallest absolute Gasteiger partial charge is 0.0827 e. The highest BCUT2D eigenvalue weighted by Gasteiger charge is 2.31. The van der Waals surface area contributed by atoms with Crippen molar-refractivity contribution in [2.75, 3.05) is 0 Å². The number of benzene rings is 2. The van der Waals surface area contributed by atoms with E-state index >= 15 is 0 Å². The lowest BCUT2D eigenvalue weighted by Crippen LogP contribution is -2.11. The highest BCUT2D eigenvalue weighted by Crippen LogP contribution is 2.38. The van der Waals surface area contributed by atoms with Crippen LogP contribution in [0.25, 0.3) is 6.08 Å². The van der Waals surface area contributed by atoms with E-state index < -0.39 is 0 Å². The molecule has 20 heavy (non-hydrogen) atoms. The maximum Gasteiger partial charge on any atom is 0.0827 e. The van der Waals surface area contributed by atoms with Gasteiger partial charge in [0.2, 0.25) is 0 Å². The van der Waals surface area contributed by atoms with Crippen LogP contribution in [0.3, 0.4) is 0 Å². The number of allylic oxidation sites excluding steroid dienone is 1. The van der Waals surface area contributed by atoms with Gasteiger partial charge >= 0.3 is 0 Å². The van der Waals surface area contributed by atoms with Crippen molar-refractivity contribution in [3.63, 3.8) is 0 Å². The van der Waals surface area contributed by atoms with Gasteiger partial charge in [-0.2, -0.15) is 0 Å². The summed E-state index contributed by atoms with van der Waals surface area (Å²) < 4.78 is 0. The van der Waals surface area contributed by atoms with Crippen molar-refractivity contribution < 1.29 is 5.11 Å². The van der Waals surface area contributed by atoms with Gasteiger partial charge in [-0.1, -0.05) is 54.6 Å². The number of fused-ring (bicyclic) bond motifs is 2. The van der Waals surface area contributed by atoms with E-state index in [2.05, 4.69) is 48.6 Å². The second kappa shape index (κ2) is 4.60. The third-order valence-electron chi connectivity index (χ3n) is 4.69. The molecule has 4 rings (SSSR count). The molecule has 0 saturated carbocycles. The van der Waals surface area contributed by atoms with Crippen LogP contribution in [0.4, 0.5) is 0 Å². The van der Waals surface area contributed by atoms with E-state index in [9.17, 15) is 5.11 Å². The fourth-order valence-electron chi connectivity index (χ4n) is 3.66. The highest BCUT2D eigenvalue weighted by molar-refractivity contribution is 5.63. The summed E-state index contributed by atoms with van der Waals surface area (Å²) in [5.41, 5.74) is 6.63. The van der Waals surface area contributed by atoms with Crippen LogP contribution in [0.1, 0.15) is 33.9 Å². The van der Waals surface area contributed by atoms with E-state index in [1.807, 2.05) is 6.07 Å². The van der Waals surface area contributed by atoms with E-state index in [0.29, 0.717) is 5.92 Å². The molecule has 0 saturated heterocycles. The molecule has 0 aliphatic heterocycles. The Morgan fingerprint density at radius 2 is 1.85 bits per heavy atom. The number of aliphatic hydroxyl groups excluding tert-OH is 1. The SMILES string of the molecule is OC1c2ccccc2CC1Cc1cccc2c1C=CC2. The van der Waals surface area contributed by atoms with Gasteiger partial charge in [-0.05, 0) is 53.0 Å². The fourth-order valence-corrected chi connectivity index (χ4v) is 3.66. The zero-order valence-electron chi connectivity index (χ0n) is 11.4. The van der Waals surface area contributed by atoms with Gasteiger partial charge in [0.1, 0.15) is 0 Å². The van der Waals surface area contributed by atoms with Crippen LogP contribution in [-0.2, 0) is 19.3 Å². The lowest BCUT2D eigenvalue weighted by molar-refractivity contribution is 0.123. The van der Waals surface area contributed by atoms with E-state index in [-0.39, 0.29) is 6.10 Å². The molecule has 0 spiro atoms. The van der Waals surface area contributed by atoms with Gasteiger partial charge < -0.3 is 5.11 Å². The number of hydrogen-bond donors (Lipinski definition) is 1. The maximum atomic E-state index is 10.5. The number of rotatable bonds is 2. The Morgan fingerprint density at radius 3 is 2.75 bits per heavy atom. The second-order valence-electron chi connectivity index (χ2n) is 5.91. The van der Waals surface area contributed by atoms with Crippen LogP contribution in [0.2, 0.25) is 0 Å². The molecule has 1 N–H and O–H groups in total. The third kappa shape index (κ3) is 1.82. The Morgan fingerprint density at radius 1 is 1.00 bits per heavy atom. The fraction of sp³-hybridized carbons (Fsp3) is 0.263. The van der Waals surface area contributed by atoms with Crippen molar-refractivity contribution in [3.05, 3.63) is 76.4 Å². The Balaban J connectivity index is 1.63. The van der Waals surface area contributed by atoms with Crippen molar-refractivity contribution in [2.24, 2.45) is 5.92 Å². The van der Waals surface area contributed by atoms with Crippen LogP contribution in [0.15, 0.2) is 48.5 Å². The molecular weight excluding hydrogens is 244 g/mol. The molecule has 1 heteroatoms. The first kappa shape index (κ1) is 11.9. The molecule has 2 atom stereocenters. The van der Waals surface area contributed by atoms with E-state index in [4.69, 9.17) is 0 Å². The van der Waals surface area contributed by atoms with Gasteiger partial charge in [0, 0.05) is 0 Å². The normalized spacial score (nSPS) is 22.9. The quantitative estimate of drug-likeness (QED) is 0.875.